The molecule has 0 radical (unpaired) electrons. The van der Waals surface area contributed by atoms with Crippen molar-refractivity contribution >= 4 is 23.6 Å². The smallest absolute Gasteiger partial charge is 0.319 e. The maximum absolute atomic E-state index is 13.1. The van der Waals surface area contributed by atoms with Gasteiger partial charge in [-0.2, -0.15) is 0 Å². The number of carboxylic acids is 1. The first-order valence-electron chi connectivity index (χ1n) is 10.8. The summed E-state index contributed by atoms with van der Waals surface area (Å²) in [7, 11) is 0. The molecule has 0 bridgehead atoms. The SMILES string of the molecule is Cc1ccccc1NC(=O)N[C@@H](CC(C)C)C(=O)NC(CC(=O)O)c1ccc2c(c1)OCO2. The summed E-state index contributed by atoms with van der Waals surface area (Å²) in [6.45, 7) is 5.84. The second-order valence-electron chi connectivity index (χ2n) is 8.37. The van der Waals surface area contributed by atoms with Crippen LogP contribution in [0.3, 0.4) is 0 Å². The van der Waals surface area contributed by atoms with Crippen molar-refractivity contribution in [2.45, 2.75) is 45.7 Å². The first-order chi connectivity index (χ1) is 15.7. The topological polar surface area (TPSA) is 126 Å². The van der Waals surface area contributed by atoms with Gasteiger partial charge in [-0.3, -0.25) is 9.59 Å². The fourth-order valence-electron chi connectivity index (χ4n) is 3.56. The van der Waals surface area contributed by atoms with Crippen LogP contribution in [0.25, 0.3) is 0 Å². The van der Waals surface area contributed by atoms with Gasteiger partial charge < -0.3 is 30.5 Å². The lowest BCUT2D eigenvalue weighted by molar-refractivity contribution is -0.137. The molecule has 0 saturated heterocycles. The van der Waals surface area contributed by atoms with Gasteiger partial charge in [-0.1, -0.05) is 38.1 Å². The molecule has 33 heavy (non-hydrogen) atoms. The summed E-state index contributed by atoms with van der Waals surface area (Å²) in [6, 6.07) is 10.2. The normalized spacial score (nSPS) is 13.8. The number of amides is 3. The van der Waals surface area contributed by atoms with E-state index in [1.807, 2.05) is 39.0 Å². The number of rotatable bonds is 9. The molecule has 3 rings (SSSR count). The number of hydrogen-bond donors (Lipinski definition) is 4. The van der Waals surface area contributed by atoms with Gasteiger partial charge in [0, 0.05) is 5.69 Å². The van der Waals surface area contributed by atoms with Crippen LogP contribution < -0.4 is 25.4 Å². The summed E-state index contributed by atoms with van der Waals surface area (Å²) < 4.78 is 10.7. The van der Waals surface area contributed by atoms with Crippen molar-refractivity contribution in [3.8, 4) is 11.5 Å². The van der Waals surface area contributed by atoms with Gasteiger partial charge in [-0.25, -0.2) is 4.79 Å². The molecule has 1 heterocycles. The fraction of sp³-hybridized carbons (Fsp3) is 0.375. The van der Waals surface area contributed by atoms with E-state index in [9.17, 15) is 19.5 Å². The second-order valence-corrected chi connectivity index (χ2v) is 8.37. The average Bonchev–Trinajstić information content (AvgIpc) is 3.21. The third-order valence-corrected chi connectivity index (χ3v) is 5.22. The lowest BCUT2D eigenvalue weighted by Gasteiger charge is -2.24. The highest BCUT2D eigenvalue weighted by Crippen LogP contribution is 2.34. The maximum Gasteiger partial charge on any atom is 0.319 e. The van der Waals surface area contributed by atoms with E-state index in [2.05, 4.69) is 16.0 Å². The Morgan fingerprint density at radius 3 is 2.45 bits per heavy atom. The number of fused-ring (bicyclic) bond motifs is 1. The number of anilines is 1. The molecule has 9 nitrogen and oxygen atoms in total. The number of carbonyl (C=O) groups is 3. The Morgan fingerprint density at radius 2 is 1.76 bits per heavy atom. The van der Waals surface area contributed by atoms with Crippen molar-refractivity contribution in [3.63, 3.8) is 0 Å². The molecule has 0 saturated carbocycles. The minimum absolute atomic E-state index is 0.0884. The van der Waals surface area contributed by atoms with Crippen LogP contribution in [-0.2, 0) is 9.59 Å². The molecule has 0 aliphatic carbocycles. The second kappa shape index (κ2) is 10.7. The van der Waals surface area contributed by atoms with Gasteiger partial charge in [-0.15, -0.1) is 0 Å². The first-order valence-corrected chi connectivity index (χ1v) is 10.8. The number of benzene rings is 2. The molecule has 0 aromatic heterocycles. The number of urea groups is 1. The Balaban J connectivity index is 1.74. The van der Waals surface area contributed by atoms with Crippen LogP contribution in [0.4, 0.5) is 10.5 Å². The molecule has 1 unspecified atom stereocenters. The molecule has 2 aromatic carbocycles. The van der Waals surface area contributed by atoms with E-state index in [1.54, 1.807) is 24.3 Å². The van der Waals surface area contributed by atoms with E-state index >= 15 is 0 Å². The van der Waals surface area contributed by atoms with Crippen LogP contribution in [0.1, 0.15) is 43.9 Å². The molecule has 1 aliphatic heterocycles. The highest BCUT2D eigenvalue weighted by atomic mass is 16.7. The molecule has 0 fully saturated rings. The lowest BCUT2D eigenvalue weighted by atomic mass is 10.00. The molecule has 2 aromatic rings. The average molecular weight is 456 g/mol. The lowest BCUT2D eigenvalue weighted by Crippen LogP contribution is -2.49. The Kier molecular flexibility index (Phi) is 7.76. The summed E-state index contributed by atoms with van der Waals surface area (Å²) in [5, 5.41) is 17.6. The van der Waals surface area contributed by atoms with Gasteiger partial charge in [0.2, 0.25) is 12.7 Å². The third-order valence-electron chi connectivity index (χ3n) is 5.22. The van der Waals surface area contributed by atoms with Gasteiger partial charge >= 0.3 is 12.0 Å². The van der Waals surface area contributed by atoms with Crippen molar-refractivity contribution in [2.75, 3.05) is 12.1 Å². The number of hydrogen-bond acceptors (Lipinski definition) is 5. The van der Waals surface area contributed by atoms with Gasteiger partial charge in [0.15, 0.2) is 11.5 Å². The number of para-hydroxylation sites is 1. The van der Waals surface area contributed by atoms with Crippen molar-refractivity contribution in [1.29, 1.82) is 0 Å². The largest absolute Gasteiger partial charge is 0.481 e. The highest BCUT2D eigenvalue weighted by molar-refractivity contribution is 5.94. The number of nitrogens with one attached hydrogen (secondary N) is 3. The summed E-state index contributed by atoms with van der Waals surface area (Å²) in [5.74, 6) is -0.364. The molecule has 1 aliphatic rings. The molecular formula is C24H29N3O6. The van der Waals surface area contributed by atoms with Gasteiger partial charge in [0.1, 0.15) is 6.04 Å². The number of aryl methyl sites for hydroxylation is 1. The maximum atomic E-state index is 13.1. The van der Waals surface area contributed by atoms with Crippen molar-refractivity contribution in [2.24, 2.45) is 5.92 Å². The van der Waals surface area contributed by atoms with Crippen LogP contribution in [0.5, 0.6) is 11.5 Å². The number of carbonyl (C=O) groups excluding carboxylic acids is 2. The summed E-state index contributed by atoms with van der Waals surface area (Å²) in [5.41, 5.74) is 2.10. The number of ether oxygens (including phenoxy) is 2. The minimum atomic E-state index is -1.07. The predicted octanol–water partition coefficient (Wildman–Crippen LogP) is 3.59. The van der Waals surface area contributed by atoms with Crippen molar-refractivity contribution in [1.82, 2.24) is 10.6 Å². The van der Waals surface area contributed by atoms with Gasteiger partial charge in [0.25, 0.3) is 0 Å². The standard InChI is InChI=1S/C24H29N3O6/c1-14(2)10-19(27-24(31)26-17-7-5-4-6-15(17)3)23(30)25-18(12-22(28)29)16-8-9-20-21(11-16)33-13-32-20/h4-9,11,14,18-19H,10,12-13H2,1-3H3,(H,25,30)(H,28,29)(H2,26,27,31)/t18?,19-/m0/s1. The number of aliphatic carboxylic acids is 1. The fourth-order valence-corrected chi connectivity index (χ4v) is 3.56. The summed E-state index contributed by atoms with van der Waals surface area (Å²) in [6.07, 6.45) is 0.0587. The van der Waals surface area contributed by atoms with Crippen LogP contribution in [0.15, 0.2) is 42.5 Å². The van der Waals surface area contributed by atoms with Crippen molar-refractivity contribution in [3.05, 3.63) is 53.6 Å². The molecule has 9 heteroatoms. The van der Waals surface area contributed by atoms with Crippen LogP contribution >= 0.6 is 0 Å². The monoisotopic (exact) mass is 455 g/mol. The van der Waals surface area contributed by atoms with E-state index in [-0.39, 0.29) is 19.1 Å². The van der Waals surface area contributed by atoms with Crippen molar-refractivity contribution < 1.29 is 29.0 Å². The zero-order chi connectivity index (χ0) is 24.0. The van der Waals surface area contributed by atoms with Crippen LogP contribution in [0, 0.1) is 12.8 Å². The van der Waals surface area contributed by atoms with E-state index in [0.29, 0.717) is 29.2 Å². The van der Waals surface area contributed by atoms with E-state index in [1.165, 1.54) is 0 Å². The molecule has 176 valence electrons. The molecule has 0 spiro atoms. The van der Waals surface area contributed by atoms with E-state index in [0.717, 1.165) is 5.56 Å². The van der Waals surface area contributed by atoms with Gasteiger partial charge in [-0.05, 0) is 48.6 Å². The predicted molar refractivity (Wildman–Crippen MR) is 122 cm³/mol. The Hall–Kier alpha value is -3.75. The highest BCUT2D eigenvalue weighted by Gasteiger charge is 2.27. The minimum Gasteiger partial charge on any atom is -0.481 e. The quantitative estimate of drug-likeness (QED) is 0.458. The molecule has 3 amide bonds. The Bertz CT molecular complexity index is 1020. The zero-order valence-corrected chi connectivity index (χ0v) is 18.9. The Morgan fingerprint density at radius 1 is 1.03 bits per heavy atom. The first kappa shape index (κ1) is 23.9. The van der Waals surface area contributed by atoms with Crippen LogP contribution in [-0.4, -0.2) is 35.8 Å². The number of carboxylic acid groups (broad SMARTS) is 1. The summed E-state index contributed by atoms with van der Waals surface area (Å²) >= 11 is 0. The van der Waals surface area contributed by atoms with E-state index in [4.69, 9.17) is 9.47 Å². The van der Waals surface area contributed by atoms with Crippen LogP contribution in [0.2, 0.25) is 0 Å². The summed E-state index contributed by atoms with van der Waals surface area (Å²) in [4.78, 5) is 37.2. The zero-order valence-electron chi connectivity index (χ0n) is 18.9. The molecule has 2 atom stereocenters. The van der Waals surface area contributed by atoms with E-state index < -0.39 is 30.0 Å². The molecule has 4 N–H and O–H groups in total. The van der Waals surface area contributed by atoms with Gasteiger partial charge in [0.05, 0.1) is 12.5 Å². The third kappa shape index (κ3) is 6.61. The molecular weight excluding hydrogens is 426 g/mol. The Labute approximate surface area is 192 Å².